The van der Waals surface area contributed by atoms with Gasteiger partial charge in [0, 0.05) is 35.1 Å². The summed E-state index contributed by atoms with van der Waals surface area (Å²) in [6.45, 7) is 2.38. The molecule has 4 aromatic rings. The van der Waals surface area contributed by atoms with Crippen LogP contribution < -0.4 is 11.1 Å². The highest BCUT2D eigenvalue weighted by molar-refractivity contribution is 8.00. The quantitative estimate of drug-likeness (QED) is 0.158. The van der Waals surface area contributed by atoms with Crippen LogP contribution in [0.3, 0.4) is 0 Å². The molecule has 6 nitrogen and oxygen atoms in total. The number of anilines is 2. The largest absolute Gasteiger partial charge is 0.465 e. The van der Waals surface area contributed by atoms with E-state index in [-0.39, 0.29) is 5.91 Å². The van der Waals surface area contributed by atoms with E-state index in [2.05, 4.69) is 22.3 Å². The Morgan fingerprint density at radius 2 is 1.71 bits per heavy atom. The van der Waals surface area contributed by atoms with Crippen molar-refractivity contribution in [2.75, 3.05) is 24.7 Å². The molecule has 1 aromatic heterocycles. The van der Waals surface area contributed by atoms with Crippen molar-refractivity contribution in [3.8, 4) is 0 Å². The molecule has 0 radical (unpaired) electrons. The number of nitrogen functional groups attached to an aromatic ring is 1. The van der Waals surface area contributed by atoms with Gasteiger partial charge in [-0.1, -0.05) is 60.7 Å². The predicted molar refractivity (Wildman–Crippen MR) is 154 cm³/mol. The predicted octanol–water partition coefficient (Wildman–Crippen LogP) is 6.15. The zero-order valence-electron chi connectivity index (χ0n) is 21.1. The average molecular weight is 544 g/mol. The normalized spacial score (nSPS) is 13.9. The number of esters is 1. The number of rotatable bonds is 8. The molecule has 1 atom stereocenters. The van der Waals surface area contributed by atoms with Crippen molar-refractivity contribution in [2.24, 2.45) is 0 Å². The van der Waals surface area contributed by atoms with Gasteiger partial charge in [0.25, 0.3) is 0 Å². The smallest absolute Gasteiger partial charge is 0.341 e. The summed E-state index contributed by atoms with van der Waals surface area (Å²) in [5.41, 5.74) is 10.1. The van der Waals surface area contributed by atoms with Crippen LogP contribution in [0.4, 0.5) is 10.7 Å². The highest BCUT2D eigenvalue weighted by atomic mass is 32.2. The van der Waals surface area contributed by atoms with Crippen LogP contribution in [0, 0.1) is 0 Å². The fourth-order valence-electron chi connectivity index (χ4n) is 4.60. The highest BCUT2D eigenvalue weighted by Gasteiger charge is 2.31. The number of carbonyl (C=O) groups excluding carboxylic acids is 2. The van der Waals surface area contributed by atoms with E-state index in [4.69, 9.17) is 10.5 Å². The number of carbonyl (C=O) groups is 2. The second-order valence-electron chi connectivity index (χ2n) is 9.11. The van der Waals surface area contributed by atoms with Crippen LogP contribution in [0.1, 0.15) is 37.2 Å². The zero-order chi connectivity index (χ0) is 26.5. The monoisotopic (exact) mass is 543 g/mol. The minimum absolute atomic E-state index is 0.192. The van der Waals surface area contributed by atoms with E-state index in [9.17, 15) is 9.59 Å². The summed E-state index contributed by atoms with van der Waals surface area (Å²) in [7, 11) is 1.38. The Morgan fingerprint density at radius 1 is 1.03 bits per heavy atom. The van der Waals surface area contributed by atoms with Crippen molar-refractivity contribution in [1.82, 2.24) is 4.90 Å². The lowest BCUT2D eigenvalue weighted by Crippen LogP contribution is -2.29. The summed E-state index contributed by atoms with van der Waals surface area (Å²) < 4.78 is 5.14. The van der Waals surface area contributed by atoms with Crippen molar-refractivity contribution < 1.29 is 14.3 Å². The number of thiophene rings is 1. The molecule has 1 unspecified atom stereocenters. The number of nitrogens with one attached hydrogen (secondary N) is 1. The number of ether oxygens (including phenoxy) is 1. The van der Waals surface area contributed by atoms with Gasteiger partial charge in [0.15, 0.2) is 0 Å². The van der Waals surface area contributed by atoms with E-state index >= 15 is 0 Å². The number of fused-ring (bicyclic) bond motifs is 1. The molecule has 2 heterocycles. The Bertz CT molecular complexity index is 1410. The average Bonchev–Trinajstić information content (AvgIpc) is 3.30. The highest BCUT2D eigenvalue weighted by Crippen LogP contribution is 2.41. The minimum atomic E-state index is -0.515. The van der Waals surface area contributed by atoms with Crippen LogP contribution in [0.15, 0.2) is 89.8 Å². The first kappa shape index (κ1) is 26.0. The number of benzene rings is 3. The van der Waals surface area contributed by atoms with Crippen LogP contribution in [0.5, 0.6) is 0 Å². The number of nitrogens with zero attached hydrogens (tertiary/aromatic N) is 1. The van der Waals surface area contributed by atoms with Crippen molar-refractivity contribution >= 4 is 45.7 Å². The lowest BCUT2D eigenvalue weighted by atomic mass is 10.0. The van der Waals surface area contributed by atoms with Gasteiger partial charge in [-0.15, -0.1) is 23.1 Å². The summed E-state index contributed by atoms with van der Waals surface area (Å²) in [5.74, 6) is -0.611. The van der Waals surface area contributed by atoms with Gasteiger partial charge in [0.2, 0.25) is 5.91 Å². The molecular weight excluding hydrogens is 514 g/mol. The maximum absolute atomic E-state index is 13.8. The molecule has 5 rings (SSSR count). The standard InChI is InChI=1S/C30H29N3O3S2/c1-36-30(35)26-24-16-17-33(18-20-8-4-2-5-9-20)19-25(24)38-29(26)32-28(34)27(21-10-6-3-7-11-21)37-23-14-12-22(31)13-15-23/h2-15,27H,16-19,31H2,1H3,(H,32,34). The van der Waals surface area contributed by atoms with Gasteiger partial charge in [-0.25, -0.2) is 4.79 Å². The van der Waals surface area contributed by atoms with Crippen molar-refractivity contribution in [1.29, 1.82) is 0 Å². The molecule has 0 bridgehead atoms. The van der Waals surface area contributed by atoms with Gasteiger partial charge in [-0.3, -0.25) is 9.69 Å². The Hall–Kier alpha value is -3.59. The third kappa shape index (κ3) is 5.93. The van der Waals surface area contributed by atoms with Gasteiger partial charge in [-0.05, 0) is 47.4 Å². The summed E-state index contributed by atoms with van der Waals surface area (Å²) in [6.07, 6.45) is 0.723. The topological polar surface area (TPSA) is 84.7 Å². The SMILES string of the molecule is COC(=O)c1c(NC(=O)C(Sc2ccc(N)cc2)c2ccccc2)sc2c1CCN(Cc1ccccc1)C2. The number of hydrogen-bond acceptors (Lipinski definition) is 7. The number of amides is 1. The number of nitrogens with two attached hydrogens (primary N) is 1. The molecule has 194 valence electrons. The molecule has 1 aliphatic heterocycles. The van der Waals surface area contributed by atoms with Crippen molar-refractivity contribution in [3.63, 3.8) is 0 Å². The first-order chi connectivity index (χ1) is 18.5. The molecule has 3 aromatic carbocycles. The maximum Gasteiger partial charge on any atom is 0.341 e. The molecule has 0 fully saturated rings. The number of methoxy groups -OCH3 is 1. The molecule has 1 aliphatic rings. The third-order valence-electron chi connectivity index (χ3n) is 6.49. The number of thioether (sulfide) groups is 1. The van der Waals surface area contributed by atoms with Crippen molar-refractivity contribution in [3.05, 3.63) is 112 Å². The lowest BCUT2D eigenvalue weighted by Gasteiger charge is -2.27. The Balaban J connectivity index is 1.41. The van der Waals surface area contributed by atoms with Crippen LogP contribution >= 0.6 is 23.1 Å². The van der Waals surface area contributed by atoms with E-state index in [0.717, 1.165) is 47.0 Å². The fourth-order valence-corrected chi connectivity index (χ4v) is 6.91. The second kappa shape index (κ2) is 11.9. The molecule has 0 aliphatic carbocycles. The third-order valence-corrected chi connectivity index (χ3v) is 8.88. The second-order valence-corrected chi connectivity index (χ2v) is 11.4. The molecule has 1 amide bonds. The van der Waals surface area contributed by atoms with E-state index in [0.29, 0.717) is 16.3 Å². The van der Waals surface area contributed by atoms with Crippen LogP contribution in [0.2, 0.25) is 0 Å². The van der Waals surface area contributed by atoms with Gasteiger partial charge in [0.1, 0.15) is 10.3 Å². The van der Waals surface area contributed by atoms with E-state index in [1.807, 2.05) is 72.8 Å². The first-order valence-corrected chi connectivity index (χ1v) is 14.1. The fraction of sp³-hybridized carbons (Fsp3) is 0.200. The molecule has 0 saturated heterocycles. The van der Waals surface area contributed by atoms with Gasteiger partial charge in [-0.2, -0.15) is 0 Å². The Kier molecular flexibility index (Phi) is 8.12. The summed E-state index contributed by atoms with van der Waals surface area (Å²) in [6, 6.07) is 27.5. The van der Waals surface area contributed by atoms with Crippen LogP contribution in [-0.2, 0) is 29.0 Å². The van der Waals surface area contributed by atoms with Gasteiger partial charge < -0.3 is 15.8 Å². The van der Waals surface area contributed by atoms with E-state index in [1.165, 1.54) is 35.8 Å². The summed E-state index contributed by atoms with van der Waals surface area (Å²) in [5, 5.41) is 3.13. The van der Waals surface area contributed by atoms with Gasteiger partial charge >= 0.3 is 5.97 Å². The number of hydrogen-bond donors (Lipinski definition) is 2. The minimum Gasteiger partial charge on any atom is -0.465 e. The van der Waals surface area contributed by atoms with E-state index < -0.39 is 11.2 Å². The molecule has 3 N–H and O–H groups in total. The maximum atomic E-state index is 13.8. The molecule has 0 spiro atoms. The summed E-state index contributed by atoms with van der Waals surface area (Å²) in [4.78, 5) is 31.0. The Morgan fingerprint density at radius 3 is 2.39 bits per heavy atom. The zero-order valence-corrected chi connectivity index (χ0v) is 22.7. The van der Waals surface area contributed by atoms with E-state index in [1.54, 1.807) is 0 Å². The molecule has 0 saturated carbocycles. The Labute approximate surface area is 230 Å². The summed E-state index contributed by atoms with van der Waals surface area (Å²) >= 11 is 2.92. The lowest BCUT2D eigenvalue weighted by molar-refractivity contribution is -0.115. The van der Waals surface area contributed by atoms with Crippen molar-refractivity contribution in [2.45, 2.75) is 29.7 Å². The molecular formula is C30H29N3O3S2. The van der Waals surface area contributed by atoms with Crippen LogP contribution in [0.25, 0.3) is 0 Å². The van der Waals surface area contributed by atoms with Gasteiger partial charge in [0.05, 0.1) is 12.7 Å². The van der Waals surface area contributed by atoms with Crippen LogP contribution in [-0.4, -0.2) is 30.4 Å². The molecule has 8 heteroatoms. The molecule has 38 heavy (non-hydrogen) atoms. The first-order valence-electron chi connectivity index (χ1n) is 12.4.